The number of benzene rings is 1. The molecule has 124 valence electrons. The van der Waals surface area contributed by atoms with Gasteiger partial charge in [-0.05, 0) is 49.7 Å². The summed E-state index contributed by atoms with van der Waals surface area (Å²) in [5.41, 5.74) is 1.29. The van der Waals surface area contributed by atoms with Crippen LogP contribution in [0.15, 0.2) is 42.5 Å². The fourth-order valence-electron chi connectivity index (χ4n) is 3.02. The second kappa shape index (κ2) is 9.41. The molecule has 0 aromatic heterocycles. The molecule has 0 saturated heterocycles. The van der Waals surface area contributed by atoms with Crippen LogP contribution in [0, 0.1) is 5.92 Å². The number of ketones is 2. The van der Waals surface area contributed by atoms with Gasteiger partial charge in [0.2, 0.25) is 0 Å². The van der Waals surface area contributed by atoms with Gasteiger partial charge in [-0.2, -0.15) is 0 Å². The van der Waals surface area contributed by atoms with Gasteiger partial charge in [-0.25, -0.2) is 0 Å². The quantitative estimate of drug-likeness (QED) is 0.588. The molecule has 1 saturated carbocycles. The summed E-state index contributed by atoms with van der Waals surface area (Å²) in [4.78, 5) is 23.3. The van der Waals surface area contributed by atoms with E-state index in [1.165, 1.54) is 11.6 Å². The zero-order valence-corrected chi connectivity index (χ0v) is 13.6. The first-order chi connectivity index (χ1) is 11.1. The van der Waals surface area contributed by atoms with Crippen LogP contribution in [-0.4, -0.2) is 22.8 Å². The molecule has 0 spiro atoms. The number of hydrogen-bond donors (Lipinski definition) is 1. The molecule has 0 radical (unpaired) electrons. The Kier molecular flexibility index (Phi) is 7.21. The highest BCUT2D eigenvalue weighted by atomic mass is 16.3. The maximum Gasteiger partial charge on any atom is 0.183 e. The molecule has 1 aromatic rings. The molecule has 1 aromatic carbocycles. The van der Waals surface area contributed by atoms with Crippen LogP contribution in [-0.2, 0) is 16.0 Å². The highest BCUT2D eigenvalue weighted by Crippen LogP contribution is 2.22. The lowest BCUT2D eigenvalue weighted by Crippen LogP contribution is -2.19. The first kappa shape index (κ1) is 17.6. The highest BCUT2D eigenvalue weighted by Gasteiger charge is 2.18. The number of hydrogen-bond acceptors (Lipinski definition) is 3. The standard InChI is InChI=1S/C20H26O3/c21-18-11-6-10-17(15-18)13-14-20(23)19(22)12-5-4-9-16-7-2-1-3-8-16/h1-3,7-8,13-14,17,19,22H,4-6,9-12,15H2/b14-13+/t17-,19-/m1/s1. The summed E-state index contributed by atoms with van der Waals surface area (Å²) in [6, 6.07) is 10.2. The monoisotopic (exact) mass is 314 g/mol. The van der Waals surface area contributed by atoms with E-state index in [1.54, 1.807) is 0 Å². The second-order valence-electron chi connectivity index (χ2n) is 6.40. The third-order valence-electron chi connectivity index (χ3n) is 4.42. The van der Waals surface area contributed by atoms with Crippen LogP contribution >= 0.6 is 0 Å². The van der Waals surface area contributed by atoms with Crippen LogP contribution < -0.4 is 0 Å². The first-order valence-electron chi connectivity index (χ1n) is 8.61. The largest absolute Gasteiger partial charge is 0.385 e. The minimum Gasteiger partial charge on any atom is -0.385 e. The number of unbranched alkanes of at least 4 members (excludes halogenated alkanes) is 1. The lowest BCUT2D eigenvalue weighted by Gasteiger charge is -2.17. The van der Waals surface area contributed by atoms with Crippen molar-refractivity contribution >= 4 is 11.6 Å². The number of carbonyl (C=O) groups is 2. The third kappa shape index (κ3) is 6.49. The maximum absolute atomic E-state index is 11.9. The van der Waals surface area contributed by atoms with Gasteiger partial charge in [-0.3, -0.25) is 9.59 Å². The Morgan fingerprint density at radius 3 is 2.78 bits per heavy atom. The summed E-state index contributed by atoms with van der Waals surface area (Å²) in [7, 11) is 0. The van der Waals surface area contributed by atoms with Crippen molar-refractivity contribution in [3.05, 3.63) is 48.0 Å². The molecule has 23 heavy (non-hydrogen) atoms. The fraction of sp³-hybridized carbons (Fsp3) is 0.500. The molecular weight excluding hydrogens is 288 g/mol. The van der Waals surface area contributed by atoms with E-state index < -0.39 is 6.10 Å². The van der Waals surface area contributed by atoms with Gasteiger partial charge in [0.25, 0.3) is 0 Å². The van der Waals surface area contributed by atoms with Crippen LogP contribution in [0.25, 0.3) is 0 Å². The van der Waals surface area contributed by atoms with Crippen molar-refractivity contribution in [2.75, 3.05) is 0 Å². The smallest absolute Gasteiger partial charge is 0.183 e. The van der Waals surface area contributed by atoms with Crippen LogP contribution in [0.5, 0.6) is 0 Å². The van der Waals surface area contributed by atoms with Gasteiger partial charge in [0.15, 0.2) is 5.78 Å². The Labute approximate surface area is 138 Å². The van der Waals surface area contributed by atoms with E-state index in [4.69, 9.17) is 0 Å². The number of Topliss-reactive ketones (excluding diaryl/α,β-unsaturated/α-hetero) is 1. The summed E-state index contributed by atoms with van der Waals surface area (Å²) < 4.78 is 0. The molecule has 3 heteroatoms. The predicted octanol–water partition coefficient (Wildman–Crippen LogP) is 3.64. The average Bonchev–Trinajstić information content (AvgIpc) is 2.57. The molecule has 2 rings (SSSR count). The van der Waals surface area contributed by atoms with Crippen molar-refractivity contribution in [1.82, 2.24) is 0 Å². The van der Waals surface area contributed by atoms with Gasteiger partial charge in [0.1, 0.15) is 11.9 Å². The van der Waals surface area contributed by atoms with E-state index in [9.17, 15) is 14.7 Å². The fourth-order valence-corrected chi connectivity index (χ4v) is 3.02. The molecule has 2 atom stereocenters. The Balaban J connectivity index is 1.65. The van der Waals surface area contributed by atoms with Crippen LogP contribution in [0.3, 0.4) is 0 Å². The zero-order valence-electron chi connectivity index (χ0n) is 13.6. The number of allylic oxidation sites excluding steroid dienone is 1. The Hall–Kier alpha value is -1.74. The second-order valence-corrected chi connectivity index (χ2v) is 6.40. The molecule has 1 fully saturated rings. The summed E-state index contributed by atoms with van der Waals surface area (Å²) in [5, 5.41) is 9.93. The minimum atomic E-state index is -0.915. The van der Waals surface area contributed by atoms with Crippen LogP contribution in [0.2, 0.25) is 0 Å². The molecular formula is C20H26O3. The molecule has 0 bridgehead atoms. The number of aliphatic hydroxyl groups is 1. The predicted molar refractivity (Wildman–Crippen MR) is 91.1 cm³/mol. The van der Waals surface area contributed by atoms with E-state index >= 15 is 0 Å². The molecule has 0 amide bonds. The Morgan fingerprint density at radius 2 is 2.04 bits per heavy atom. The third-order valence-corrected chi connectivity index (χ3v) is 4.42. The highest BCUT2D eigenvalue weighted by molar-refractivity contribution is 5.93. The van der Waals surface area contributed by atoms with Crippen LogP contribution in [0.1, 0.15) is 50.5 Å². The van der Waals surface area contributed by atoms with Crippen molar-refractivity contribution in [3.63, 3.8) is 0 Å². The van der Waals surface area contributed by atoms with E-state index in [-0.39, 0.29) is 17.5 Å². The Bertz CT molecular complexity index is 533. The van der Waals surface area contributed by atoms with Gasteiger partial charge in [-0.1, -0.05) is 42.8 Å². The minimum absolute atomic E-state index is 0.172. The van der Waals surface area contributed by atoms with Gasteiger partial charge in [0, 0.05) is 12.8 Å². The molecule has 0 heterocycles. The molecule has 1 aliphatic carbocycles. The number of carbonyl (C=O) groups excluding carboxylic acids is 2. The van der Waals surface area contributed by atoms with Gasteiger partial charge >= 0.3 is 0 Å². The SMILES string of the molecule is O=C1CCC[C@H](/C=C/C(=O)[C@H](O)CCCCc2ccccc2)C1. The van der Waals surface area contributed by atoms with E-state index in [2.05, 4.69) is 12.1 Å². The summed E-state index contributed by atoms with van der Waals surface area (Å²) in [5.74, 6) is 0.216. The lowest BCUT2D eigenvalue weighted by molar-refractivity contribution is -0.123. The van der Waals surface area contributed by atoms with Crippen LogP contribution in [0.4, 0.5) is 0 Å². The van der Waals surface area contributed by atoms with Crippen molar-refractivity contribution < 1.29 is 14.7 Å². The van der Waals surface area contributed by atoms with Crippen molar-refractivity contribution in [3.8, 4) is 0 Å². The van der Waals surface area contributed by atoms with E-state index in [0.29, 0.717) is 19.3 Å². The van der Waals surface area contributed by atoms with Gasteiger partial charge in [-0.15, -0.1) is 0 Å². The number of aryl methyl sites for hydroxylation is 1. The van der Waals surface area contributed by atoms with Crippen molar-refractivity contribution in [2.45, 2.75) is 57.5 Å². The molecule has 0 aliphatic heterocycles. The zero-order chi connectivity index (χ0) is 16.5. The van der Waals surface area contributed by atoms with E-state index in [0.717, 1.165) is 32.1 Å². The summed E-state index contributed by atoms with van der Waals surface area (Å²) in [6.07, 6.45) is 8.72. The molecule has 0 unspecified atom stereocenters. The molecule has 3 nitrogen and oxygen atoms in total. The maximum atomic E-state index is 11.9. The van der Waals surface area contributed by atoms with E-state index in [1.807, 2.05) is 24.3 Å². The van der Waals surface area contributed by atoms with Crippen molar-refractivity contribution in [1.29, 1.82) is 0 Å². The summed E-state index contributed by atoms with van der Waals surface area (Å²) in [6.45, 7) is 0. The Morgan fingerprint density at radius 1 is 1.26 bits per heavy atom. The molecule has 1 N–H and O–H groups in total. The van der Waals surface area contributed by atoms with Crippen molar-refractivity contribution in [2.24, 2.45) is 5.92 Å². The number of aliphatic hydroxyl groups excluding tert-OH is 1. The van der Waals surface area contributed by atoms with Gasteiger partial charge < -0.3 is 5.11 Å². The lowest BCUT2D eigenvalue weighted by atomic mass is 9.88. The average molecular weight is 314 g/mol. The number of rotatable bonds is 8. The van der Waals surface area contributed by atoms with Gasteiger partial charge in [0.05, 0.1) is 0 Å². The molecule has 1 aliphatic rings. The summed E-state index contributed by atoms with van der Waals surface area (Å²) >= 11 is 0. The first-order valence-corrected chi connectivity index (χ1v) is 8.61. The normalized spacial score (nSPS) is 19.9. The topological polar surface area (TPSA) is 54.4 Å².